The Hall–Kier alpha value is -4.87. The molecular formula is C27H25N3O9. The number of aliphatic hydroxyl groups is 1. The second kappa shape index (κ2) is 9.78. The van der Waals surface area contributed by atoms with Crippen molar-refractivity contribution in [3.8, 4) is 34.5 Å². The maximum atomic E-state index is 13.5. The van der Waals surface area contributed by atoms with Crippen molar-refractivity contribution in [2.45, 2.75) is 19.0 Å². The van der Waals surface area contributed by atoms with Crippen LogP contribution in [0.1, 0.15) is 23.6 Å². The van der Waals surface area contributed by atoms with Gasteiger partial charge in [0.05, 0.1) is 32.2 Å². The molecule has 3 aromatic rings. The number of likely N-dealkylation sites (tertiary alicyclic amines) is 1. The molecule has 202 valence electrons. The molecule has 4 heterocycles. The maximum Gasteiger partial charge on any atom is 0.295 e. The minimum atomic E-state index is -1.00. The number of aromatic nitrogens is 2. The van der Waals surface area contributed by atoms with Gasteiger partial charge in [0.1, 0.15) is 5.76 Å². The highest BCUT2D eigenvalue weighted by Gasteiger charge is 2.48. The smallest absolute Gasteiger partial charge is 0.295 e. The van der Waals surface area contributed by atoms with Gasteiger partial charge in [-0.3, -0.25) is 9.59 Å². The van der Waals surface area contributed by atoms with Crippen LogP contribution in [0, 0.1) is 0 Å². The zero-order valence-corrected chi connectivity index (χ0v) is 21.2. The minimum Gasteiger partial charge on any atom is -0.507 e. The van der Waals surface area contributed by atoms with E-state index in [9.17, 15) is 14.7 Å². The Bertz CT molecular complexity index is 1480. The van der Waals surface area contributed by atoms with E-state index >= 15 is 0 Å². The van der Waals surface area contributed by atoms with Crippen LogP contribution in [0.2, 0.25) is 0 Å². The van der Waals surface area contributed by atoms with Crippen molar-refractivity contribution in [3.05, 3.63) is 59.7 Å². The van der Waals surface area contributed by atoms with E-state index in [1.165, 1.54) is 19.1 Å². The largest absolute Gasteiger partial charge is 0.507 e. The number of ketones is 1. The van der Waals surface area contributed by atoms with Gasteiger partial charge in [-0.2, -0.15) is 0 Å². The van der Waals surface area contributed by atoms with Crippen LogP contribution >= 0.6 is 0 Å². The lowest BCUT2D eigenvalue weighted by Crippen LogP contribution is -2.31. The zero-order valence-electron chi connectivity index (χ0n) is 21.2. The minimum absolute atomic E-state index is 0.0272. The van der Waals surface area contributed by atoms with Crippen molar-refractivity contribution < 1.29 is 43.1 Å². The van der Waals surface area contributed by atoms with Gasteiger partial charge in [-0.15, -0.1) is 0 Å². The number of aliphatic hydroxyl groups excluding tert-OH is 1. The Kier molecular flexibility index (Phi) is 6.14. The fourth-order valence-corrected chi connectivity index (χ4v) is 5.09. The molecule has 0 saturated carbocycles. The molecule has 0 spiro atoms. The van der Waals surface area contributed by atoms with Gasteiger partial charge in [0.15, 0.2) is 23.0 Å². The van der Waals surface area contributed by atoms with Gasteiger partial charge in [0.25, 0.3) is 11.7 Å². The Labute approximate surface area is 222 Å². The number of nitrogens with zero attached hydrogens (tertiary/aromatic N) is 3. The number of hydrogen-bond acceptors (Lipinski definition) is 10. The number of rotatable bonds is 8. The highest BCUT2D eigenvalue weighted by molar-refractivity contribution is 6.46. The number of amides is 1. The third-order valence-corrected chi connectivity index (χ3v) is 6.87. The summed E-state index contributed by atoms with van der Waals surface area (Å²) in [6.07, 6.45) is 5.68. The van der Waals surface area contributed by atoms with E-state index in [0.717, 1.165) is 0 Å². The van der Waals surface area contributed by atoms with Crippen LogP contribution in [-0.2, 0) is 16.1 Å². The quantitative estimate of drug-likeness (QED) is 0.261. The molecule has 3 aliphatic rings. The number of carbonyl (C=O) groups is 2. The number of hydrogen-bond donors (Lipinski definition) is 1. The normalized spacial score (nSPS) is 18.6. The number of benzene rings is 2. The maximum absolute atomic E-state index is 13.5. The third-order valence-electron chi connectivity index (χ3n) is 6.87. The molecule has 1 amide bonds. The van der Waals surface area contributed by atoms with E-state index in [0.29, 0.717) is 47.1 Å². The van der Waals surface area contributed by atoms with E-state index in [1.807, 2.05) is 10.8 Å². The average molecular weight is 536 g/mol. The number of ether oxygens (including phenoxy) is 6. The van der Waals surface area contributed by atoms with Gasteiger partial charge < -0.3 is 43.0 Å². The summed E-state index contributed by atoms with van der Waals surface area (Å²) in [5, 5.41) is 11.5. The highest BCUT2D eigenvalue weighted by Crippen LogP contribution is 2.54. The predicted octanol–water partition coefficient (Wildman–Crippen LogP) is 2.87. The van der Waals surface area contributed by atoms with Gasteiger partial charge in [-0.1, -0.05) is 0 Å². The van der Waals surface area contributed by atoms with Crippen LogP contribution in [0.5, 0.6) is 34.5 Å². The van der Waals surface area contributed by atoms with Crippen molar-refractivity contribution in [3.63, 3.8) is 0 Å². The molecule has 1 unspecified atom stereocenters. The fourth-order valence-electron chi connectivity index (χ4n) is 5.09. The average Bonchev–Trinajstić information content (AvgIpc) is 3.76. The predicted molar refractivity (Wildman–Crippen MR) is 134 cm³/mol. The van der Waals surface area contributed by atoms with Crippen LogP contribution in [0.25, 0.3) is 5.76 Å². The Morgan fingerprint density at radius 3 is 2.54 bits per heavy atom. The first-order valence-corrected chi connectivity index (χ1v) is 12.2. The van der Waals surface area contributed by atoms with Crippen LogP contribution in [-0.4, -0.2) is 65.6 Å². The van der Waals surface area contributed by atoms with Crippen molar-refractivity contribution in [2.24, 2.45) is 0 Å². The summed E-state index contributed by atoms with van der Waals surface area (Å²) in [5.74, 6) is 0.258. The Morgan fingerprint density at radius 2 is 1.77 bits per heavy atom. The fraction of sp³-hybridized carbons (Fsp3) is 0.296. The number of Topliss-reactive ketones (excluding diaryl/α,β-unsaturated/α-hetero) is 1. The molecule has 1 saturated heterocycles. The zero-order chi connectivity index (χ0) is 27.1. The highest BCUT2D eigenvalue weighted by atomic mass is 16.7. The summed E-state index contributed by atoms with van der Waals surface area (Å²) in [4.78, 5) is 32.4. The number of aryl methyl sites for hydroxylation is 1. The lowest BCUT2D eigenvalue weighted by Gasteiger charge is -2.27. The second-order valence-corrected chi connectivity index (χ2v) is 8.98. The van der Waals surface area contributed by atoms with Crippen molar-refractivity contribution in [1.82, 2.24) is 14.5 Å². The van der Waals surface area contributed by atoms with Gasteiger partial charge in [-0.05, 0) is 30.7 Å². The van der Waals surface area contributed by atoms with Crippen molar-refractivity contribution in [2.75, 3.05) is 34.4 Å². The Morgan fingerprint density at radius 1 is 1.00 bits per heavy atom. The molecule has 0 radical (unpaired) electrons. The first-order valence-electron chi connectivity index (χ1n) is 12.2. The molecule has 2 aromatic carbocycles. The number of carbonyl (C=O) groups excluding carboxylic acids is 2. The molecule has 1 fully saturated rings. The number of methoxy groups -OCH3 is 2. The molecule has 1 N–H and O–H groups in total. The van der Waals surface area contributed by atoms with Gasteiger partial charge >= 0.3 is 0 Å². The topological polar surface area (TPSA) is 131 Å². The second-order valence-electron chi connectivity index (χ2n) is 8.98. The molecule has 6 rings (SSSR count). The SMILES string of the molecule is COc1c(C2C(=C(O)c3ccc4c(c3)OCO4)C(=O)C(=O)N2CCCn2ccnc2)cc2c(c1OC)OCO2. The van der Waals surface area contributed by atoms with Crippen LogP contribution in [0.15, 0.2) is 48.6 Å². The van der Waals surface area contributed by atoms with Crippen LogP contribution in [0.3, 0.4) is 0 Å². The van der Waals surface area contributed by atoms with E-state index in [-0.39, 0.29) is 43.0 Å². The number of imidazole rings is 1. The third kappa shape index (κ3) is 4.04. The first kappa shape index (κ1) is 24.5. The molecule has 39 heavy (non-hydrogen) atoms. The lowest BCUT2D eigenvalue weighted by molar-refractivity contribution is -0.140. The summed E-state index contributed by atoms with van der Waals surface area (Å²) in [5.41, 5.74) is 0.607. The molecule has 12 nitrogen and oxygen atoms in total. The van der Waals surface area contributed by atoms with E-state index in [4.69, 9.17) is 28.4 Å². The summed E-state index contributed by atoms with van der Waals surface area (Å²) in [6, 6.07) is 5.45. The summed E-state index contributed by atoms with van der Waals surface area (Å²) in [6.45, 7) is 0.806. The van der Waals surface area contributed by atoms with Crippen LogP contribution < -0.4 is 28.4 Å². The number of fused-ring (bicyclic) bond motifs is 2. The molecule has 0 aliphatic carbocycles. The molecular weight excluding hydrogens is 510 g/mol. The summed E-state index contributed by atoms with van der Waals surface area (Å²) < 4.78 is 35.2. The van der Waals surface area contributed by atoms with Crippen molar-refractivity contribution >= 4 is 17.4 Å². The first-order chi connectivity index (χ1) is 19.0. The van der Waals surface area contributed by atoms with Crippen molar-refractivity contribution in [1.29, 1.82) is 0 Å². The monoisotopic (exact) mass is 535 g/mol. The van der Waals surface area contributed by atoms with Gasteiger partial charge in [0.2, 0.25) is 25.1 Å². The summed E-state index contributed by atoms with van der Waals surface area (Å²) >= 11 is 0. The molecule has 3 aliphatic heterocycles. The molecule has 1 atom stereocenters. The van der Waals surface area contributed by atoms with Gasteiger partial charge in [0, 0.05) is 36.6 Å². The van der Waals surface area contributed by atoms with E-state index < -0.39 is 17.7 Å². The van der Waals surface area contributed by atoms with Gasteiger partial charge in [-0.25, -0.2) is 4.98 Å². The molecule has 12 heteroatoms. The van der Waals surface area contributed by atoms with Crippen LogP contribution in [0.4, 0.5) is 0 Å². The summed E-state index contributed by atoms with van der Waals surface area (Å²) in [7, 11) is 2.91. The standard InChI is InChI=1S/C27H25N3O9/c1-34-24-16(11-19-25(26(24)35-2)39-14-38-19)21-20(22(31)15-4-5-17-18(10-15)37-13-36-17)23(32)27(33)30(21)8-3-7-29-9-6-28-12-29/h4-6,9-12,21,31H,3,7-8,13-14H2,1-2H3. The Balaban J connectivity index is 1.49. The molecule has 0 bridgehead atoms. The lowest BCUT2D eigenvalue weighted by atomic mass is 9.93. The van der Waals surface area contributed by atoms with E-state index in [2.05, 4.69) is 4.98 Å². The van der Waals surface area contributed by atoms with E-state index in [1.54, 1.807) is 36.8 Å². The molecule has 1 aromatic heterocycles.